The van der Waals surface area contributed by atoms with Crippen LogP contribution in [0.1, 0.15) is 31.9 Å². The van der Waals surface area contributed by atoms with Crippen molar-refractivity contribution in [1.82, 2.24) is 10.2 Å². The van der Waals surface area contributed by atoms with Crippen LogP contribution in [0, 0.1) is 0 Å². The molecule has 184 valence electrons. The first-order valence-electron chi connectivity index (χ1n) is 11.7. The predicted molar refractivity (Wildman–Crippen MR) is 137 cm³/mol. The topological polar surface area (TPSA) is 67.9 Å². The standard InChI is InChI=1S/C29H34N2O4/c1-29(2,3)30-28(33)24(19-22-13-7-5-8-14-22)31(20-23-15-9-6-10-16-23)27(32)21-35-26-18-12-11-17-25(26)34-4/h5-18,24H,19-21H2,1-4H3,(H,30,33)/t24-/m1/s1. The van der Waals surface area contributed by atoms with E-state index in [1.165, 1.54) is 0 Å². The molecule has 0 spiro atoms. The lowest BCUT2D eigenvalue weighted by molar-refractivity contribution is -0.143. The molecule has 0 aliphatic heterocycles. The van der Waals surface area contributed by atoms with Gasteiger partial charge in [0.2, 0.25) is 5.91 Å². The van der Waals surface area contributed by atoms with E-state index in [0.29, 0.717) is 17.9 Å². The molecule has 0 radical (unpaired) electrons. The van der Waals surface area contributed by atoms with Crippen molar-refractivity contribution >= 4 is 11.8 Å². The zero-order valence-electron chi connectivity index (χ0n) is 20.9. The third-order valence-corrected chi connectivity index (χ3v) is 5.39. The SMILES string of the molecule is COc1ccccc1OCC(=O)N(Cc1ccccc1)[C@H](Cc1ccccc1)C(=O)NC(C)(C)C. The van der Waals surface area contributed by atoms with Crippen molar-refractivity contribution in [3.05, 3.63) is 96.1 Å². The molecule has 1 N–H and O–H groups in total. The highest BCUT2D eigenvalue weighted by atomic mass is 16.5. The first kappa shape index (κ1) is 25.8. The number of benzene rings is 3. The van der Waals surface area contributed by atoms with Crippen molar-refractivity contribution in [3.63, 3.8) is 0 Å². The lowest BCUT2D eigenvalue weighted by Crippen LogP contribution is -2.55. The maximum absolute atomic E-state index is 13.6. The first-order chi connectivity index (χ1) is 16.8. The molecule has 3 aromatic rings. The molecule has 2 amide bonds. The van der Waals surface area contributed by atoms with E-state index >= 15 is 0 Å². The predicted octanol–water partition coefficient (Wildman–Crippen LogP) is 4.63. The number of nitrogens with one attached hydrogen (secondary N) is 1. The van der Waals surface area contributed by atoms with Crippen LogP contribution in [0.4, 0.5) is 0 Å². The number of amides is 2. The minimum atomic E-state index is -0.717. The van der Waals surface area contributed by atoms with Gasteiger partial charge < -0.3 is 19.7 Å². The lowest BCUT2D eigenvalue weighted by atomic mass is 10.0. The zero-order chi connectivity index (χ0) is 25.3. The third kappa shape index (κ3) is 7.88. The molecule has 0 heterocycles. The van der Waals surface area contributed by atoms with Gasteiger partial charge in [-0.1, -0.05) is 72.8 Å². The van der Waals surface area contributed by atoms with Gasteiger partial charge >= 0.3 is 0 Å². The number of methoxy groups -OCH3 is 1. The monoisotopic (exact) mass is 474 g/mol. The molecule has 0 bridgehead atoms. The number of hydrogen-bond acceptors (Lipinski definition) is 4. The minimum absolute atomic E-state index is 0.206. The summed E-state index contributed by atoms with van der Waals surface area (Å²) in [6, 6.07) is 25.9. The molecule has 0 unspecified atom stereocenters. The van der Waals surface area contributed by atoms with E-state index in [1.54, 1.807) is 24.1 Å². The summed E-state index contributed by atoms with van der Waals surface area (Å²) in [5, 5.41) is 3.06. The van der Waals surface area contributed by atoms with Crippen molar-refractivity contribution in [2.45, 2.75) is 45.3 Å². The summed E-state index contributed by atoms with van der Waals surface area (Å²) in [7, 11) is 1.55. The molecule has 0 aliphatic carbocycles. The summed E-state index contributed by atoms with van der Waals surface area (Å²) in [6.45, 7) is 5.85. The van der Waals surface area contributed by atoms with Gasteiger partial charge in [-0.25, -0.2) is 0 Å². The molecule has 35 heavy (non-hydrogen) atoms. The molecule has 0 aliphatic rings. The van der Waals surface area contributed by atoms with Gasteiger partial charge in [0, 0.05) is 18.5 Å². The fourth-order valence-corrected chi connectivity index (χ4v) is 3.75. The average Bonchev–Trinajstić information content (AvgIpc) is 2.85. The van der Waals surface area contributed by atoms with Crippen LogP contribution in [0.2, 0.25) is 0 Å². The fraction of sp³-hybridized carbons (Fsp3) is 0.310. The van der Waals surface area contributed by atoms with Gasteiger partial charge in [0.1, 0.15) is 6.04 Å². The summed E-state index contributed by atoms with van der Waals surface area (Å²) in [6.07, 6.45) is 0.385. The van der Waals surface area contributed by atoms with Gasteiger partial charge in [0.15, 0.2) is 18.1 Å². The number of carbonyl (C=O) groups excluding carboxylic acids is 2. The van der Waals surface area contributed by atoms with Gasteiger partial charge in [-0.2, -0.15) is 0 Å². The first-order valence-corrected chi connectivity index (χ1v) is 11.7. The average molecular weight is 475 g/mol. The summed E-state index contributed by atoms with van der Waals surface area (Å²) in [4.78, 5) is 28.7. The van der Waals surface area contributed by atoms with Crippen LogP contribution in [0.15, 0.2) is 84.9 Å². The summed E-state index contributed by atoms with van der Waals surface area (Å²) in [5.41, 5.74) is 1.46. The Morgan fingerprint density at radius 1 is 0.829 bits per heavy atom. The number of ether oxygens (including phenoxy) is 2. The lowest BCUT2D eigenvalue weighted by Gasteiger charge is -2.33. The molecule has 3 aromatic carbocycles. The highest BCUT2D eigenvalue weighted by molar-refractivity contribution is 5.89. The van der Waals surface area contributed by atoms with Crippen LogP contribution in [-0.4, -0.2) is 42.0 Å². The largest absolute Gasteiger partial charge is 0.493 e. The van der Waals surface area contributed by atoms with Crippen molar-refractivity contribution in [1.29, 1.82) is 0 Å². The number of para-hydroxylation sites is 2. The van der Waals surface area contributed by atoms with Crippen molar-refractivity contribution in [2.24, 2.45) is 0 Å². The molecule has 0 saturated heterocycles. The van der Waals surface area contributed by atoms with E-state index in [-0.39, 0.29) is 25.0 Å². The number of nitrogens with zero attached hydrogens (tertiary/aromatic N) is 1. The Morgan fingerprint density at radius 3 is 1.94 bits per heavy atom. The van der Waals surface area contributed by atoms with Crippen LogP contribution < -0.4 is 14.8 Å². The van der Waals surface area contributed by atoms with Gasteiger partial charge in [-0.05, 0) is 44.0 Å². The van der Waals surface area contributed by atoms with Crippen LogP contribution >= 0.6 is 0 Å². The smallest absolute Gasteiger partial charge is 0.261 e. The summed E-state index contributed by atoms with van der Waals surface area (Å²) >= 11 is 0. The number of carbonyl (C=O) groups is 2. The Balaban J connectivity index is 1.92. The van der Waals surface area contributed by atoms with E-state index in [0.717, 1.165) is 11.1 Å². The Hall–Kier alpha value is -3.80. The molecule has 0 saturated carbocycles. The Labute approximate surface area is 207 Å². The quantitative estimate of drug-likeness (QED) is 0.465. The molecule has 6 heteroatoms. The summed E-state index contributed by atoms with van der Waals surface area (Å²) in [5.74, 6) is 0.524. The van der Waals surface area contributed by atoms with Crippen LogP contribution in [0.25, 0.3) is 0 Å². The Kier molecular flexibility index (Phi) is 8.90. The maximum atomic E-state index is 13.6. The van der Waals surface area contributed by atoms with Crippen molar-refractivity contribution in [3.8, 4) is 11.5 Å². The number of hydrogen-bond donors (Lipinski definition) is 1. The Bertz CT molecular complexity index is 1090. The fourth-order valence-electron chi connectivity index (χ4n) is 3.75. The summed E-state index contributed by atoms with van der Waals surface area (Å²) < 4.78 is 11.2. The highest BCUT2D eigenvalue weighted by Crippen LogP contribution is 2.26. The van der Waals surface area contributed by atoms with Crippen LogP contribution in [-0.2, 0) is 22.6 Å². The van der Waals surface area contributed by atoms with Crippen LogP contribution in [0.3, 0.4) is 0 Å². The van der Waals surface area contributed by atoms with Crippen LogP contribution in [0.5, 0.6) is 11.5 Å². The van der Waals surface area contributed by atoms with Crippen molar-refractivity contribution < 1.29 is 19.1 Å². The van der Waals surface area contributed by atoms with Crippen molar-refractivity contribution in [2.75, 3.05) is 13.7 Å². The molecule has 0 aromatic heterocycles. The van der Waals surface area contributed by atoms with Gasteiger partial charge in [-0.3, -0.25) is 9.59 Å². The van der Waals surface area contributed by atoms with E-state index in [4.69, 9.17) is 9.47 Å². The maximum Gasteiger partial charge on any atom is 0.261 e. The van der Waals surface area contributed by atoms with Gasteiger partial charge in [0.05, 0.1) is 7.11 Å². The second-order valence-corrected chi connectivity index (χ2v) is 9.39. The Morgan fingerprint density at radius 2 is 1.37 bits per heavy atom. The molecule has 3 rings (SSSR count). The van der Waals surface area contributed by atoms with E-state index in [1.807, 2.05) is 93.6 Å². The molecular formula is C29H34N2O4. The van der Waals surface area contributed by atoms with E-state index < -0.39 is 11.6 Å². The van der Waals surface area contributed by atoms with E-state index in [2.05, 4.69) is 5.32 Å². The molecule has 1 atom stereocenters. The zero-order valence-corrected chi connectivity index (χ0v) is 20.9. The molecule has 0 fully saturated rings. The second-order valence-electron chi connectivity index (χ2n) is 9.39. The highest BCUT2D eigenvalue weighted by Gasteiger charge is 2.32. The normalized spacial score (nSPS) is 11.9. The second kappa shape index (κ2) is 12.1. The van der Waals surface area contributed by atoms with Gasteiger partial charge in [-0.15, -0.1) is 0 Å². The minimum Gasteiger partial charge on any atom is -0.493 e. The third-order valence-electron chi connectivity index (χ3n) is 5.39. The molecule has 6 nitrogen and oxygen atoms in total. The van der Waals surface area contributed by atoms with Gasteiger partial charge in [0.25, 0.3) is 5.91 Å². The number of rotatable bonds is 10. The molecular weight excluding hydrogens is 440 g/mol. The van der Waals surface area contributed by atoms with E-state index in [9.17, 15) is 9.59 Å².